The highest BCUT2D eigenvalue weighted by Crippen LogP contribution is 2.13. The fourth-order valence-electron chi connectivity index (χ4n) is 2.76. The van der Waals surface area contributed by atoms with Crippen LogP contribution in [0.25, 0.3) is 11.0 Å². The molecule has 0 fully saturated rings. The summed E-state index contributed by atoms with van der Waals surface area (Å²) in [7, 11) is 1.64. The van der Waals surface area contributed by atoms with E-state index in [2.05, 4.69) is 15.4 Å². The van der Waals surface area contributed by atoms with Crippen LogP contribution in [0, 0.1) is 18.3 Å². The average molecular weight is 379 g/mol. The summed E-state index contributed by atoms with van der Waals surface area (Å²) in [5, 5.41) is 16.0. The molecular weight excluding hydrogens is 362 g/mol. The molecule has 3 aromatic rings. The molecule has 0 bridgehead atoms. The molecule has 0 saturated heterocycles. The van der Waals surface area contributed by atoms with Crippen LogP contribution in [0.15, 0.2) is 35.1 Å². The summed E-state index contributed by atoms with van der Waals surface area (Å²) in [6, 6.07) is 9.44. The Bertz CT molecular complexity index is 1190. The first kappa shape index (κ1) is 18.8. The number of esters is 1. The summed E-state index contributed by atoms with van der Waals surface area (Å²) in [6.45, 7) is 3.11. The van der Waals surface area contributed by atoms with Crippen molar-refractivity contribution in [1.29, 1.82) is 5.26 Å². The number of aromatic nitrogens is 3. The van der Waals surface area contributed by atoms with Gasteiger partial charge in [-0.15, -0.1) is 0 Å². The zero-order valence-corrected chi connectivity index (χ0v) is 15.4. The van der Waals surface area contributed by atoms with Gasteiger partial charge >= 0.3 is 5.97 Å². The Morgan fingerprint density at radius 2 is 2.11 bits per heavy atom. The van der Waals surface area contributed by atoms with Gasteiger partial charge in [0.15, 0.2) is 11.5 Å². The van der Waals surface area contributed by atoms with Crippen LogP contribution in [0.4, 0.5) is 5.69 Å². The van der Waals surface area contributed by atoms with Crippen molar-refractivity contribution in [3.05, 3.63) is 57.5 Å². The van der Waals surface area contributed by atoms with Gasteiger partial charge in [-0.3, -0.25) is 14.3 Å². The van der Waals surface area contributed by atoms with E-state index >= 15 is 0 Å². The van der Waals surface area contributed by atoms with Crippen molar-refractivity contribution in [2.75, 3.05) is 5.32 Å². The van der Waals surface area contributed by atoms with Gasteiger partial charge < -0.3 is 15.0 Å². The molecule has 1 amide bonds. The lowest BCUT2D eigenvalue weighted by atomic mass is 10.2. The Hall–Kier alpha value is -3.93. The van der Waals surface area contributed by atoms with Crippen LogP contribution in [0.5, 0.6) is 0 Å². The number of hydrogen-bond donors (Lipinski definition) is 2. The minimum Gasteiger partial charge on any atom is -0.448 e. The molecule has 0 aliphatic heterocycles. The van der Waals surface area contributed by atoms with E-state index in [0.717, 1.165) is 6.07 Å². The number of H-pyrrole nitrogens is 1. The lowest BCUT2D eigenvalue weighted by Gasteiger charge is -2.13. The molecule has 0 aliphatic rings. The second-order valence-corrected chi connectivity index (χ2v) is 6.21. The van der Waals surface area contributed by atoms with Crippen LogP contribution in [0.1, 0.15) is 28.7 Å². The largest absolute Gasteiger partial charge is 0.448 e. The van der Waals surface area contributed by atoms with Crippen molar-refractivity contribution in [3.8, 4) is 6.07 Å². The number of rotatable bonds is 4. The molecule has 2 heterocycles. The first-order chi connectivity index (χ1) is 13.3. The topological polar surface area (TPSA) is 130 Å². The third-order valence-corrected chi connectivity index (χ3v) is 4.13. The van der Waals surface area contributed by atoms with E-state index in [1.807, 2.05) is 6.07 Å². The van der Waals surface area contributed by atoms with Crippen LogP contribution < -0.4 is 10.7 Å². The number of ether oxygens (including phenoxy) is 1. The van der Waals surface area contributed by atoms with E-state index in [4.69, 9.17) is 10.00 Å². The molecule has 1 aromatic carbocycles. The molecule has 3 rings (SSSR count). The van der Waals surface area contributed by atoms with Gasteiger partial charge in [-0.1, -0.05) is 6.07 Å². The fraction of sp³-hybridized carbons (Fsp3) is 0.211. The normalized spacial score (nSPS) is 11.6. The lowest BCUT2D eigenvalue weighted by Crippen LogP contribution is -2.30. The Morgan fingerprint density at radius 1 is 1.36 bits per heavy atom. The molecule has 142 valence electrons. The zero-order valence-electron chi connectivity index (χ0n) is 15.4. The van der Waals surface area contributed by atoms with E-state index in [9.17, 15) is 14.4 Å². The van der Waals surface area contributed by atoms with Crippen LogP contribution in [0.3, 0.4) is 0 Å². The average Bonchev–Trinajstić information content (AvgIpc) is 2.95. The van der Waals surface area contributed by atoms with Gasteiger partial charge in [0.2, 0.25) is 0 Å². The van der Waals surface area contributed by atoms with E-state index in [1.165, 1.54) is 17.7 Å². The smallest absolute Gasteiger partial charge is 0.355 e. The first-order valence-corrected chi connectivity index (χ1v) is 8.38. The van der Waals surface area contributed by atoms with Crippen molar-refractivity contribution in [2.24, 2.45) is 7.05 Å². The minimum atomic E-state index is -1.12. The van der Waals surface area contributed by atoms with Crippen LogP contribution in [0.2, 0.25) is 0 Å². The molecule has 1 unspecified atom stereocenters. The highest BCUT2D eigenvalue weighted by molar-refractivity contribution is 5.97. The number of aromatic amines is 1. The number of nitriles is 1. The highest BCUT2D eigenvalue weighted by atomic mass is 16.5. The number of nitrogens with zero attached hydrogens (tertiary/aromatic N) is 3. The Morgan fingerprint density at radius 3 is 2.82 bits per heavy atom. The molecule has 0 saturated carbocycles. The number of carbonyl (C=O) groups is 2. The van der Waals surface area contributed by atoms with Crippen LogP contribution in [-0.2, 0) is 16.6 Å². The monoisotopic (exact) mass is 379 g/mol. The maximum atomic E-state index is 12.4. The van der Waals surface area contributed by atoms with Gasteiger partial charge in [-0.2, -0.15) is 10.4 Å². The minimum absolute atomic E-state index is 0.0772. The maximum Gasteiger partial charge on any atom is 0.355 e. The third kappa shape index (κ3) is 3.61. The third-order valence-electron chi connectivity index (χ3n) is 4.13. The molecular formula is C19H17N5O4. The molecule has 1 atom stereocenters. The van der Waals surface area contributed by atoms with E-state index in [-0.39, 0.29) is 11.1 Å². The number of aryl methyl sites for hydroxylation is 2. The van der Waals surface area contributed by atoms with Gasteiger partial charge in [-0.05, 0) is 32.0 Å². The number of anilines is 1. The SMILES string of the molecule is Cc1nn(C)c2[nH]c(C(=O)OC(C)C(=O)Nc3cccc(C#N)c3)cc(=O)c12. The van der Waals surface area contributed by atoms with E-state index in [0.29, 0.717) is 28.0 Å². The predicted octanol–water partition coefficient (Wildman–Crippen LogP) is 1.63. The number of benzene rings is 1. The summed E-state index contributed by atoms with van der Waals surface area (Å²) in [4.78, 5) is 39.7. The summed E-state index contributed by atoms with van der Waals surface area (Å²) < 4.78 is 6.62. The number of nitrogens with one attached hydrogen (secondary N) is 2. The Balaban J connectivity index is 1.76. The number of amides is 1. The van der Waals surface area contributed by atoms with Crippen molar-refractivity contribution in [2.45, 2.75) is 20.0 Å². The second kappa shape index (κ2) is 7.36. The zero-order chi connectivity index (χ0) is 20.4. The number of fused-ring (bicyclic) bond motifs is 1. The van der Waals surface area contributed by atoms with Gasteiger partial charge in [0.1, 0.15) is 11.3 Å². The van der Waals surface area contributed by atoms with Gasteiger partial charge in [0.05, 0.1) is 22.7 Å². The molecule has 2 N–H and O–H groups in total. The quantitative estimate of drug-likeness (QED) is 0.663. The van der Waals surface area contributed by atoms with Gasteiger partial charge in [0, 0.05) is 18.8 Å². The van der Waals surface area contributed by atoms with E-state index < -0.39 is 18.0 Å². The number of hydrogen-bond acceptors (Lipinski definition) is 6. The Labute approximate surface area is 159 Å². The number of pyridine rings is 1. The molecule has 9 heteroatoms. The second-order valence-electron chi connectivity index (χ2n) is 6.21. The van der Waals surface area contributed by atoms with Gasteiger partial charge in [-0.25, -0.2) is 4.79 Å². The Kier molecular flexibility index (Phi) is 4.96. The molecule has 28 heavy (non-hydrogen) atoms. The summed E-state index contributed by atoms with van der Waals surface area (Å²) in [5.41, 5.74) is 1.30. The van der Waals surface area contributed by atoms with Crippen molar-refractivity contribution < 1.29 is 14.3 Å². The van der Waals surface area contributed by atoms with Crippen LogP contribution in [-0.4, -0.2) is 32.7 Å². The molecule has 2 aromatic heterocycles. The first-order valence-electron chi connectivity index (χ1n) is 8.38. The number of carbonyl (C=O) groups excluding carboxylic acids is 2. The molecule has 9 nitrogen and oxygen atoms in total. The van der Waals surface area contributed by atoms with Gasteiger partial charge in [0.25, 0.3) is 5.91 Å². The molecule has 0 spiro atoms. The molecule has 0 aliphatic carbocycles. The molecule has 0 radical (unpaired) electrons. The lowest BCUT2D eigenvalue weighted by molar-refractivity contribution is -0.123. The van der Waals surface area contributed by atoms with Crippen molar-refractivity contribution >= 4 is 28.6 Å². The summed E-state index contributed by atoms with van der Waals surface area (Å²) in [6.07, 6.45) is -1.12. The standard InChI is InChI=1S/C19H17N5O4/c1-10-16-15(25)8-14(22-17(16)24(3)23-10)19(27)28-11(2)18(26)21-13-6-4-5-12(7-13)9-20/h4-8,11H,1-3H3,(H,21,26)(H,22,25). The maximum absolute atomic E-state index is 12.4. The van der Waals surface area contributed by atoms with Crippen molar-refractivity contribution in [3.63, 3.8) is 0 Å². The summed E-state index contributed by atoms with van der Waals surface area (Å²) >= 11 is 0. The fourth-order valence-corrected chi connectivity index (χ4v) is 2.76. The van der Waals surface area contributed by atoms with E-state index in [1.54, 1.807) is 32.2 Å². The van der Waals surface area contributed by atoms with Crippen molar-refractivity contribution in [1.82, 2.24) is 14.8 Å². The summed E-state index contributed by atoms with van der Waals surface area (Å²) in [5.74, 6) is -1.41. The predicted molar refractivity (Wildman–Crippen MR) is 101 cm³/mol. The highest BCUT2D eigenvalue weighted by Gasteiger charge is 2.21. The van der Waals surface area contributed by atoms with Crippen LogP contribution >= 0.6 is 0 Å².